The highest BCUT2D eigenvalue weighted by molar-refractivity contribution is 5.69. The molecule has 0 aromatic heterocycles. The summed E-state index contributed by atoms with van der Waals surface area (Å²) >= 11 is 0. The van der Waals surface area contributed by atoms with Gasteiger partial charge in [-0.05, 0) is 25.5 Å². The summed E-state index contributed by atoms with van der Waals surface area (Å²) in [5.41, 5.74) is 1.25. The lowest BCUT2D eigenvalue weighted by Gasteiger charge is -2.09. The van der Waals surface area contributed by atoms with E-state index < -0.39 is 4.92 Å². The van der Waals surface area contributed by atoms with Crippen LogP contribution in [0.15, 0.2) is 12.1 Å². The second kappa shape index (κ2) is 6.00. The van der Waals surface area contributed by atoms with Crippen LogP contribution in [-0.2, 0) is 9.53 Å². The number of aryl methyl sites for hydroxylation is 2. The van der Waals surface area contributed by atoms with Crippen molar-refractivity contribution in [3.63, 3.8) is 0 Å². The molecule has 0 amide bonds. The molecule has 1 rings (SSSR count). The van der Waals surface area contributed by atoms with Crippen LogP contribution < -0.4 is 4.74 Å². The van der Waals surface area contributed by atoms with Crippen molar-refractivity contribution in [2.24, 2.45) is 0 Å². The Labute approximate surface area is 105 Å². The van der Waals surface area contributed by atoms with Gasteiger partial charge in [-0.3, -0.25) is 14.9 Å². The van der Waals surface area contributed by atoms with Crippen molar-refractivity contribution in [1.29, 1.82) is 0 Å². The van der Waals surface area contributed by atoms with Gasteiger partial charge in [-0.1, -0.05) is 0 Å². The summed E-state index contributed by atoms with van der Waals surface area (Å²) in [6, 6.07) is 3.06. The van der Waals surface area contributed by atoms with Crippen LogP contribution in [0.4, 0.5) is 5.69 Å². The Morgan fingerprint density at radius 2 is 2.00 bits per heavy atom. The van der Waals surface area contributed by atoms with E-state index in [0.29, 0.717) is 16.9 Å². The van der Waals surface area contributed by atoms with Crippen LogP contribution >= 0.6 is 0 Å². The number of esters is 1. The number of carbonyl (C=O) groups excluding carboxylic acids is 1. The first-order chi connectivity index (χ1) is 8.45. The lowest BCUT2D eigenvalue weighted by Crippen LogP contribution is -2.08. The van der Waals surface area contributed by atoms with Gasteiger partial charge < -0.3 is 9.47 Å². The first-order valence-corrected chi connectivity index (χ1v) is 5.41. The minimum atomic E-state index is -0.430. The van der Waals surface area contributed by atoms with Crippen LogP contribution in [0.5, 0.6) is 5.75 Å². The SMILES string of the molecule is COC(=O)CCOc1cc(C)c([N+](=O)[O-])cc1C. The number of nitro benzene ring substituents is 1. The minimum absolute atomic E-state index is 0.0628. The maximum atomic E-state index is 10.9. The van der Waals surface area contributed by atoms with Gasteiger partial charge in [-0.2, -0.15) is 0 Å². The number of methoxy groups -OCH3 is 1. The molecule has 1 aromatic carbocycles. The van der Waals surface area contributed by atoms with Gasteiger partial charge in [0, 0.05) is 11.6 Å². The molecular formula is C12H15NO5. The third-order valence-corrected chi connectivity index (χ3v) is 2.48. The Kier molecular flexibility index (Phi) is 4.65. The molecule has 0 fully saturated rings. The number of nitrogens with zero attached hydrogens (tertiary/aromatic N) is 1. The first-order valence-electron chi connectivity index (χ1n) is 5.41. The van der Waals surface area contributed by atoms with E-state index in [4.69, 9.17) is 4.74 Å². The zero-order valence-electron chi connectivity index (χ0n) is 10.6. The number of hydrogen-bond acceptors (Lipinski definition) is 5. The van der Waals surface area contributed by atoms with Gasteiger partial charge in [-0.15, -0.1) is 0 Å². The third-order valence-electron chi connectivity index (χ3n) is 2.48. The number of ether oxygens (including phenoxy) is 2. The van der Waals surface area contributed by atoms with E-state index in [1.807, 2.05) is 0 Å². The Balaban J connectivity index is 2.76. The highest BCUT2D eigenvalue weighted by Gasteiger charge is 2.14. The molecule has 6 nitrogen and oxygen atoms in total. The molecule has 0 N–H and O–H groups in total. The largest absolute Gasteiger partial charge is 0.493 e. The molecule has 0 aliphatic carbocycles. The van der Waals surface area contributed by atoms with E-state index in [1.54, 1.807) is 19.9 Å². The predicted octanol–water partition coefficient (Wildman–Crippen LogP) is 2.15. The highest BCUT2D eigenvalue weighted by atomic mass is 16.6. The van der Waals surface area contributed by atoms with E-state index in [9.17, 15) is 14.9 Å². The summed E-state index contributed by atoms with van der Waals surface area (Å²) in [5.74, 6) is 0.188. The normalized spacial score (nSPS) is 9.94. The van der Waals surface area contributed by atoms with Gasteiger partial charge in [0.25, 0.3) is 5.69 Å². The number of nitro groups is 1. The van der Waals surface area contributed by atoms with Gasteiger partial charge in [0.05, 0.1) is 25.1 Å². The van der Waals surface area contributed by atoms with Crippen molar-refractivity contribution in [3.05, 3.63) is 33.4 Å². The predicted molar refractivity (Wildman–Crippen MR) is 64.7 cm³/mol. The fourth-order valence-corrected chi connectivity index (χ4v) is 1.47. The van der Waals surface area contributed by atoms with Gasteiger partial charge in [0.2, 0.25) is 0 Å². The highest BCUT2D eigenvalue weighted by Crippen LogP contribution is 2.27. The fraction of sp³-hybridized carbons (Fsp3) is 0.417. The summed E-state index contributed by atoms with van der Waals surface area (Å²) in [6.45, 7) is 3.55. The van der Waals surface area contributed by atoms with Gasteiger partial charge >= 0.3 is 5.97 Å². The Hall–Kier alpha value is -2.11. The summed E-state index contributed by atoms with van der Waals surface area (Å²) < 4.78 is 9.89. The van der Waals surface area contributed by atoms with Crippen LogP contribution in [0.25, 0.3) is 0 Å². The summed E-state index contributed by atoms with van der Waals surface area (Å²) in [7, 11) is 1.31. The van der Waals surface area contributed by atoms with Gasteiger partial charge in [-0.25, -0.2) is 0 Å². The standard InChI is InChI=1S/C12H15NO5/c1-8-7-11(18-5-4-12(14)17-3)9(2)6-10(8)13(15)16/h6-7H,4-5H2,1-3H3. The smallest absolute Gasteiger partial charge is 0.308 e. The maximum absolute atomic E-state index is 10.9. The van der Waals surface area contributed by atoms with Gasteiger partial charge in [0.15, 0.2) is 0 Å². The number of benzene rings is 1. The molecule has 0 radical (unpaired) electrons. The van der Waals surface area contributed by atoms with E-state index in [0.717, 1.165) is 0 Å². The average molecular weight is 253 g/mol. The monoisotopic (exact) mass is 253 g/mol. The molecule has 0 spiro atoms. The zero-order valence-corrected chi connectivity index (χ0v) is 10.6. The topological polar surface area (TPSA) is 78.7 Å². The second-order valence-electron chi connectivity index (χ2n) is 3.84. The molecule has 0 aliphatic rings. The summed E-state index contributed by atoms with van der Waals surface area (Å²) in [6.07, 6.45) is 0.145. The van der Waals surface area contributed by atoms with Crippen molar-refractivity contribution in [2.75, 3.05) is 13.7 Å². The van der Waals surface area contributed by atoms with Crippen LogP contribution in [0, 0.1) is 24.0 Å². The molecule has 98 valence electrons. The number of rotatable bonds is 5. The summed E-state index contributed by atoms with van der Waals surface area (Å²) in [5, 5.41) is 10.7. The van der Waals surface area contributed by atoms with Crippen LogP contribution in [0.1, 0.15) is 17.5 Å². The van der Waals surface area contributed by atoms with Crippen molar-refractivity contribution in [1.82, 2.24) is 0 Å². The first kappa shape index (κ1) is 14.0. The van der Waals surface area contributed by atoms with Crippen molar-refractivity contribution < 1.29 is 19.2 Å². The molecule has 18 heavy (non-hydrogen) atoms. The average Bonchev–Trinajstić information content (AvgIpc) is 2.32. The van der Waals surface area contributed by atoms with E-state index in [1.165, 1.54) is 13.2 Å². The molecule has 0 heterocycles. The molecule has 6 heteroatoms. The van der Waals surface area contributed by atoms with Crippen molar-refractivity contribution in [2.45, 2.75) is 20.3 Å². The Bertz CT molecular complexity index is 470. The zero-order chi connectivity index (χ0) is 13.7. The van der Waals surface area contributed by atoms with Crippen molar-refractivity contribution in [3.8, 4) is 5.75 Å². The van der Waals surface area contributed by atoms with Crippen LogP contribution in [-0.4, -0.2) is 24.6 Å². The molecule has 1 aromatic rings. The van der Waals surface area contributed by atoms with E-state index in [-0.39, 0.29) is 24.7 Å². The maximum Gasteiger partial charge on any atom is 0.308 e. The fourth-order valence-electron chi connectivity index (χ4n) is 1.47. The molecule has 0 saturated carbocycles. The lowest BCUT2D eigenvalue weighted by atomic mass is 10.1. The number of carbonyl (C=O) groups is 1. The molecule has 0 atom stereocenters. The molecule has 0 bridgehead atoms. The third kappa shape index (κ3) is 3.44. The number of hydrogen-bond donors (Lipinski definition) is 0. The second-order valence-corrected chi connectivity index (χ2v) is 3.84. The summed E-state index contributed by atoms with van der Waals surface area (Å²) in [4.78, 5) is 21.2. The Morgan fingerprint density at radius 3 is 2.56 bits per heavy atom. The van der Waals surface area contributed by atoms with Gasteiger partial charge in [0.1, 0.15) is 5.75 Å². The quantitative estimate of drug-likeness (QED) is 0.456. The molecule has 0 unspecified atom stereocenters. The Morgan fingerprint density at radius 1 is 1.33 bits per heavy atom. The lowest BCUT2D eigenvalue weighted by molar-refractivity contribution is -0.385. The molecule has 0 saturated heterocycles. The van der Waals surface area contributed by atoms with Crippen molar-refractivity contribution >= 4 is 11.7 Å². The van der Waals surface area contributed by atoms with Crippen LogP contribution in [0.2, 0.25) is 0 Å². The molecule has 0 aliphatic heterocycles. The minimum Gasteiger partial charge on any atom is -0.493 e. The molecular weight excluding hydrogens is 238 g/mol. The van der Waals surface area contributed by atoms with Crippen LogP contribution in [0.3, 0.4) is 0 Å². The van der Waals surface area contributed by atoms with E-state index in [2.05, 4.69) is 4.74 Å². The van der Waals surface area contributed by atoms with E-state index >= 15 is 0 Å².